The fourth-order valence-corrected chi connectivity index (χ4v) is 5.68. The van der Waals surface area contributed by atoms with Crippen LogP contribution in [-0.4, -0.2) is 28.1 Å². The molecule has 1 aromatic rings. The first kappa shape index (κ1) is 21.2. The summed E-state index contributed by atoms with van der Waals surface area (Å²) in [5.74, 6) is -0.353. The van der Waals surface area contributed by atoms with E-state index in [1.54, 1.807) is 18.2 Å². The quantitative estimate of drug-likeness (QED) is 0.652. The number of hydrogen-bond donors (Lipinski definition) is 1. The Kier molecular flexibility index (Phi) is 4.93. The van der Waals surface area contributed by atoms with E-state index in [0.29, 0.717) is 41.1 Å². The molecule has 0 atom stereocenters. The Morgan fingerprint density at radius 2 is 1.47 bits per heavy atom. The summed E-state index contributed by atoms with van der Waals surface area (Å²) in [7, 11) is 0. The van der Waals surface area contributed by atoms with E-state index in [1.165, 1.54) is 0 Å². The van der Waals surface area contributed by atoms with Crippen molar-refractivity contribution in [3.63, 3.8) is 0 Å². The maximum absolute atomic E-state index is 13.5. The highest BCUT2D eigenvalue weighted by atomic mass is 35.5. The molecule has 0 fully saturated rings. The highest BCUT2D eigenvalue weighted by Crippen LogP contribution is 2.55. The van der Waals surface area contributed by atoms with Crippen molar-refractivity contribution in [2.45, 2.75) is 66.2 Å². The third-order valence-corrected chi connectivity index (χ3v) is 6.87. The van der Waals surface area contributed by atoms with E-state index in [-0.39, 0.29) is 28.1 Å². The van der Waals surface area contributed by atoms with Gasteiger partial charge in [-0.15, -0.1) is 0 Å². The molecule has 0 unspecified atom stereocenters. The molecule has 0 bridgehead atoms. The number of benzene rings is 1. The smallest absolute Gasteiger partial charge is 0.162 e. The molecule has 0 aromatic heterocycles. The van der Waals surface area contributed by atoms with Gasteiger partial charge in [-0.05, 0) is 48.8 Å². The lowest BCUT2D eigenvalue weighted by Gasteiger charge is -2.48. The van der Waals surface area contributed by atoms with Crippen molar-refractivity contribution >= 4 is 23.2 Å². The predicted octanol–water partition coefficient (Wildman–Crippen LogP) is 5.75. The molecule has 5 heteroatoms. The van der Waals surface area contributed by atoms with E-state index in [0.717, 1.165) is 24.2 Å². The second kappa shape index (κ2) is 6.98. The molecule has 4 rings (SSSR count). The van der Waals surface area contributed by atoms with Crippen molar-refractivity contribution in [1.29, 1.82) is 0 Å². The van der Waals surface area contributed by atoms with Gasteiger partial charge in [0, 0.05) is 58.4 Å². The van der Waals surface area contributed by atoms with Gasteiger partial charge in [0.2, 0.25) is 0 Å². The second-order valence-corrected chi connectivity index (χ2v) is 10.9. The lowest BCUT2D eigenvalue weighted by atomic mass is 9.63. The van der Waals surface area contributed by atoms with Crippen LogP contribution >= 0.6 is 11.6 Å². The number of hydrogen-bond acceptors (Lipinski definition) is 4. The zero-order chi connectivity index (χ0) is 22.0. The molecule has 1 N–H and O–H groups in total. The van der Waals surface area contributed by atoms with Crippen LogP contribution in [0.4, 0.5) is 0 Å². The maximum Gasteiger partial charge on any atom is 0.162 e. The molecule has 2 aliphatic carbocycles. The van der Waals surface area contributed by atoms with E-state index >= 15 is 0 Å². The van der Waals surface area contributed by atoms with Crippen molar-refractivity contribution in [1.82, 2.24) is 4.90 Å². The normalized spacial score (nSPS) is 23.6. The number of carbonyl (C=O) groups is 2. The Hall–Kier alpha value is -2.07. The van der Waals surface area contributed by atoms with E-state index in [9.17, 15) is 14.7 Å². The van der Waals surface area contributed by atoms with E-state index < -0.39 is 5.92 Å². The Morgan fingerprint density at radius 3 is 1.93 bits per heavy atom. The highest BCUT2D eigenvalue weighted by Gasteiger charge is 2.49. The van der Waals surface area contributed by atoms with Gasteiger partial charge in [0.05, 0.1) is 0 Å². The van der Waals surface area contributed by atoms with E-state index in [1.807, 2.05) is 0 Å². The molecule has 0 saturated carbocycles. The van der Waals surface area contributed by atoms with Crippen LogP contribution in [0.25, 0.3) is 0 Å². The average molecular weight is 428 g/mol. The van der Waals surface area contributed by atoms with Crippen LogP contribution < -0.4 is 0 Å². The van der Waals surface area contributed by atoms with Crippen LogP contribution in [0.1, 0.15) is 71.8 Å². The molecule has 160 valence electrons. The molecule has 4 nitrogen and oxygen atoms in total. The summed E-state index contributed by atoms with van der Waals surface area (Å²) in [6.45, 7) is 11.3. The summed E-state index contributed by atoms with van der Waals surface area (Å²) in [6.07, 6.45) is 2.41. The molecule has 3 aliphatic rings. The van der Waals surface area contributed by atoms with Gasteiger partial charge in [-0.3, -0.25) is 9.59 Å². The van der Waals surface area contributed by atoms with Gasteiger partial charge in [-0.2, -0.15) is 0 Å². The SMILES string of the molecule is CCN1C2=C(C(=O)CC(C)(C)C2)C(c2cc(Cl)ccc2O)C2=C1CC(C)(C)CC2=O. The fourth-order valence-electron chi connectivity index (χ4n) is 5.50. The minimum absolute atomic E-state index is 0.0632. The van der Waals surface area contributed by atoms with Gasteiger partial charge in [0.15, 0.2) is 11.6 Å². The minimum atomic E-state index is -0.552. The van der Waals surface area contributed by atoms with Crippen LogP contribution in [0.5, 0.6) is 5.75 Å². The van der Waals surface area contributed by atoms with Crippen molar-refractivity contribution in [3.05, 3.63) is 51.3 Å². The average Bonchev–Trinajstić information content (AvgIpc) is 2.60. The number of phenols is 1. The monoisotopic (exact) mass is 427 g/mol. The number of phenolic OH excluding ortho intramolecular Hbond substituents is 1. The summed E-state index contributed by atoms with van der Waals surface area (Å²) in [5, 5.41) is 11.2. The zero-order valence-corrected chi connectivity index (χ0v) is 19.2. The van der Waals surface area contributed by atoms with Crippen LogP contribution in [0.2, 0.25) is 5.02 Å². The Morgan fingerprint density at radius 1 is 0.967 bits per heavy atom. The summed E-state index contributed by atoms with van der Waals surface area (Å²) in [6, 6.07) is 4.89. The Labute approximate surface area is 183 Å². The molecule has 1 aromatic carbocycles. The fraction of sp³-hybridized carbons (Fsp3) is 0.520. The number of aromatic hydroxyl groups is 1. The number of ketones is 2. The van der Waals surface area contributed by atoms with Gasteiger partial charge in [-0.1, -0.05) is 39.3 Å². The van der Waals surface area contributed by atoms with Crippen LogP contribution in [0, 0.1) is 10.8 Å². The molecule has 1 aliphatic heterocycles. The molecular formula is C25H30ClNO3. The molecule has 0 amide bonds. The number of Topliss-reactive ketones (excluding diaryl/α,β-unsaturated/α-hetero) is 2. The van der Waals surface area contributed by atoms with Gasteiger partial charge < -0.3 is 10.0 Å². The van der Waals surface area contributed by atoms with Crippen molar-refractivity contribution in [2.24, 2.45) is 10.8 Å². The molecule has 1 heterocycles. The van der Waals surface area contributed by atoms with Crippen LogP contribution in [0.15, 0.2) is 40.7 Å². The molecule has 0 radical (unpaired) electrons. The number of halogens is 1. The van der Waals surface area contributed by atoms with Crippen molar-refractivity contribution in [3.8, 4) is 5.75 Å². The minimum Gasteiger partial charge on any atom is -0.508 e. The van der Waals surface area contributed by atoms with Gasteiger partial charge in [0.25, 0.3) is 0 Å². The summed E-state index contributed by atoms with van der Waals surface area (Å²) >= 11 is 6.28. The van der Waals surface area contributed by atoms with E-state index in [2.05, 4.69) is 39.5 Å². The largest absolute Gasteiger partial charge is 0.508 e. The van der Waals surface area contributed by atoms with Crippen LogP contribution in [-0.2, 0) is 9.59 Å². The molecular weight excluding hydrogens is 398 g/mol. The summed E-state index contributed by atoms with van der Waals surface area (Å²) in [4.78, 5) is 29.1. The van der Waals surface area contributed by atoms with Crippen LogP contribution in [0.3, 0.4) is 0 Å². The molecule has 30 heavy (non-hydrogen) atoms. The van der Waals surface area contributed by atoms with E-state index in [4.69, 9.17) is 11.6 Å². The number of carbonyl (C=O) groups excluding carboxylic acids is 2. The predicted molar refractivity (Wildman–Crippen MR) is 118 cm³/mol. The zero-order valence-electron chi connectivity index (χ0n) is 18.4. The third kappa shape index (κ3) is 3.39. The first-order valence-electron chi connectivity index (χ1n) is 10.7. The number of allylic oxidation sites excluding steroid dienone is 4. The number of rotatable bonds is 2. The topological polar surface area (TPSA) is 57.6 Å². The summed E-state index contributed by atoms with van der Waals surface area (Å²) < 4.78 is 0. The van der Waals surface area contributed by atoms with Gasteiger partial charge >= 0.3 is 0 Å². The Balaban J connectivity index is 2.03. The standard InChI is InChI=1S/C25H30ClNO3/c1-6-27-16-10-24(2,3)12-19(29)22(16)21(15-9-14(26)7-8-18(15)28)23-17(27)11-25(4,5)13-20(23)30/h7-9,21,28H,6,10-13H2,1-5H3. The Bertz CT molecular complexity index is 961. The highest BCUT2D eigenvalue weighted by molar-refractivity contribution is 6.30. The lowest BCUT2D eigenvalue weighted by molar-refractivity contribution is -0.119. The number of nitrogens with zero attached hydrogens (tertiary/aromatic N) is 1. The molecule has 0 spiro atoms. The summed E-state index contributed by atoms with van der Waals surface area (Å²) in [5.41, 5.74) is 3.62. The first-order chi connectivity index (χ1) is 13.9. The lowest BCUT2D eigenvalue weighted by Crippen LogP contribution is -2.44. The molecule has 0 saturated heterocycles. The van der Waals surface area contributed by atoms with Gasteiger partial charge in [0.1, 0.15) is 5.75 Å². The van der Waals surface area contributed by atoms with Crippen molar-refractivity contribution < 1.29 is 14.7 Å². The van der Waals surface area contributed by atoms with Crippen molar-refractivity contribution in [2.75, 3.05) is 6.54 Å². The maximum atomic E-state index is 13.5. The van der Waals surface area contributed by atoms with Gasteiger partial charge in [-0.25, -0.2) is 0 Å². The third-order valence-electron chi connectivity index (χ3n) is 6.64. The first-order valence-corrected chi connectivity index (χ1v) is 11.1. The second-order valence-electron chi connectivity index (χ2n) is 10.5.